The molecule has 7 heteroatoms. The number of hydrogen-bond donors (Lipinski definition) is 1. The van der Waals surface area contributed by atoms with Crippen LogP contribution in [0.3, 0.4) is 0 Å². The van der Waals surface area contributed by atoms with Crippen LogP contribution in [-0.4, -0.2) is 71.0 Å². The van der Waals surface area contributed by atoms with Crippen molar-refractivity contribution < 1.29 is 4.79 Å². The molecule has 2 bridgehead atoms. The van der Waals surface area contributed by atoms with Crippen LogP contribution in [0, 0.1) is 11.8 Å². The molecular formula is C15H26N6O. The summed E-state index contributed by atoms with van der Waals surface area (Å²) in [6.45, 7) is 3.61. The topological polar surface area (TPSA) is 66.3 Å². The zero-order valence-electron chi connectivity index (χ0n) is 13.7. The zero-order chi connectivity index (χ0) is 15.7. The summed E-state index contributed by atoms with van der Waals surface area (Å²) in [7, 11) is 5.62. The molecule has 122 valence electrons. The summed E-state index contributed by atoms with van der Waals surface area (Å²) in [4.78, 5) is 16.5. The number of nitrogens with one attached hydrogen (secondary N) is 1. The van der Waals surface area contributed by atoms with E-state index in [1.165, 1.54) is 0 Å². The molecule has 0 aromatic carbocycles. The fourth-order valence-electron chi connectivity index (χ4n) is 3.85. The molecule has 3 fully saturated rings. The maximum atomic E-state index is 12.3. The molecule has 1 N–H and O–H groups in total. The second-order valence-electron chi connectivity index (χ2n) is 6.73. The van der Waals surface area contributed by atoms with Crippen molar-refractivity contribution >= 4 is 5.91 Å². The molecule has 3 saturated heterocycles. The number of fused-ring (bicyclic) bond motifs is 3. The second-order valence-corrected chi connectivity index (χ2v) is 6.73. The van der Waals surface area contributed by atoms with Gasteiger partial charge in [-0.1, -0.05) is 5.21 Å². The molecule has 7 nitrogen and oxygen atoms in total. The Morgan fingerprint density at radius 1 is 1.50 bits per heavy atom. The van der Waals surface area contributed by atoms with Gasteiger partial charge in [-0.3, -0.25) is 14.4 Å². The van der Waals surface area contributed by atoms with Gasteiger partial charge in [-0.05, 0) is 32.4 Å². The third-order valence-corrected chi connectivity index (χ3v) is 4.98. The van der Waals surface area contributed by atoms with Crippen LogP contribution in [0.1, 0.15) is 18.5 Å². The van der Waals surface area contributed by atoms with E-state index in [1.807, 2.05) is 32.0 Å². The molecule has 3 aliphatic heterocycles. The van der Waals surface area contributed by atoms with Gasteiger partial charge in [0, 0.05) is 39.4 Å². The average Bonchev–Trinajstić information content (AvgIpc) is 2.94. The van der Waals surface area contributed by atoms with Crippen LogP contribution in [0.5, 0.6) is 0 Å². The van der Waals surface area contributed by atoms with Crippen molar-refractivity contribution in [1.82, 2.24) is 30.1 Å². The van der Waals surface area contributed by atoms with Gasteiger partial charge in [0.2, 0.25) is 5.91 Å². The Kier molecular flexibility index (Phi) is 4.44. The Hall–Kier alpha value is -1.47. The number of aromatic nitrogens is 3. The second kappa shape index (κ2) is 6.34. The van der Waals surface area contributed by atoms with Crippen LogP contribution in [-0.2, 0) is 17.9 Å². The van der Waals surface area contributed by atoms with Crippen LogP contribution in [0.4, 0.5) is 0 Å². The molecule has 0 radical (unpaired) electrons. The molecule has 22 heavy (non-hydrogen) atoms. The standard InChI is InChI=1S/C15H26N6O/c1-16-7-12-8-21(18-17-12)9-13-6-11-4-5-20(13)10-14(11)15(22)19(2)3/h8,11,13-14,16H,4-7,9-10H2,1-3H3/t11?,13-,14+/m1/s1. The number of amides is 1. The monoisotopic (exact) mass is 306 g/mol. The summed E-state index contributed by atoms with van der Waals surface area (Å²) in [5, 5.41) is 11.5. The first-order valence-corrected chi connectivity index (χ1v) is 8.07. The van der Waals surface area contributed by atoms with E-state index in [4.69, 9.17) is 0 Å². The van der Waals surface area contributed by atoms with Gasteiger partial charge < -0.3 is 10.2 Å². The van der Waals surface area contributed by atoms with Crippen molar-refractivity contribution in [3.63, 3.8) is 0 Å². The van der Waals surface area contributed by atoms with Gasteiger partial charge >= 0.3 is 0 Å². The summed E-state index contributed by atoms with van der Waals surface area (Å²) in [6, 6.07) is 0.481. The highest BCUT2D eigenvalue weighted by atomic mass is 16.2. The van der Waals surface area contributed by atoms with Gasteiger partial charge in [-0.2, -0.15) is 0 Å². The molecule has 4 heterocycles. The number of nitrogens with zero attached hydrogens (tertiary/aromatic N) is 5. The third kappa shape index (κ3) is 3.01. The average molecular weight is 306 g/mol. The molecule has 4 rings (SSSR count). The van der Waals surface area contributed by atoms with E-state index in [-0.39, 0.29) is 11.8 Å². The Balaban J connectivity index is 1.62. The Morgan fingerprint density at radius 3 is 2.95 bits per heavy atom. The summed E-state index contributed by atoms with van der Waals surface area (Å²) in [5.74, 6) is 0.978. The van der Waals surface area contributed by atoms with Gasteiger partial charge in [-0.15, -0.1) is 5.10 Å². The fourth-order valence-corrected chi connectivity index (χ4v) is 3.85. The van der Waals surface area contributed by atoms with E-state index < -0.39 is 0 Å². The van der Waals surface area contributed by atoms with Gasteiger partial charge in [0.15, 0.2) is 0 Å². The fraction of sp³-hybridized carbons (Fsp3) is 0.800. The first-order valence-electron chi connectivity index (χ1n) is 8.07. The summed E-state index contributed by atoms with van der Waals surface area (Å²) in [5.41, 5.74) is 0.971. The van der Waals surface area contributed by atoms with Gasteiger partial charge in [-0.25, -0.2) is 0 Å². The molecule has 0 spiro atoms. The minimum absolute atomic E-state index is 0.176. The van der Waals surface area contributed by atoms with E-state index in [9.17, 15) is 4.79 Å². The largest absolute Gasteiger partial charge is 0.349 e. The number of hydrogen-bond acceptors (Lipinski definition) is 5. The first kappa shape index (κ1) is 15.4. The lowest BCUT2D eigenvalue weighted by atomic mass is 9.75. The quantitative estimate of drug-likeness (QED) is 0.816. The summed E-state index contributed by atoms with van der Waals surface area (Å²) < 4.78 is 1.95. The lowest BCUT2D eigenvalue weighted by Crippen LogP contribution is -2.57. The highest BCUT2D eigenvalue weighted by Gasteiger charge is 2.43. The van der Waals surface area contributed by atoms with Crippen LogP contribution in [0.25, 0.3) is 0 Å². The molecule has 3 aliphatic rings. The van der Waals surface area contributed by atoms with Crippen molar-refractivity contribution in [1.29, 1.82) is 0 Å². The summed E-state index contributed by atoms with van der Waals surface area (Å²) >= 11 is 0. The van der Waals surface area contributed by atoms with E-state index in [0.29, 0.717) is 12.0 Å². The van der Waals surface area contributed by atoms with Crippen molar-refractivity contribution in [3.8, 4) is 0 Å². The summed E-state index contributed by atoms with van der Waals surface area (Å²) in [6.07, 6.45) is 4.25. The molecule has 1 aromatic rings. The molecule has 1 aromatic heterocycles. The number of carbonyl (C=O) groups is 1. The van der Waals surface area contributed by atoms with Gasteiger partial charge in [0.25, 0.3) is 0 Å². The number of piperidine rings is 3. The van der Waals surface area contributed by atoms with E-state index in [1.54, 1.807) is 4.90 Å². The third-order valence-electron chi connectivity index (χ3n) is 4.98. The maximum Gasteiger partial charge on any atom is 0.226 e. The molecule has 4 atom stereocenters. The van der Waals surface area contributed by atoms with Crippen LogP contribution in [0.2, 0.25) is 0 Å². The highest BCUT2D eigenvalue weighted by Crippen LogP contribution is 2.37. The molecule has 0 aliphatic carbocycles. The smallest absolute Gasteiger partial charge is 0.226 e. The van der Waals surface area contributed by atoms with Crippen molar-refractivity contribution in [2.75, 3.05) is 34.2 Å². The van der Waals surface area contributed by atoms with Crippen molar-refractivity contribution in [2.24, 2.45) is 11.8 Å². The molecule has 0 saturated carbocycles. The normalized spacial score (nSPS) is 30.5. The zero-order valence-corrected chi connectivity index (χ0v) is 13.7. The van der Waals surface area contributed by atoms with E-state index in [2.05, 4.69) is 20.5 Å². The Labute approximate surface area is 131 Å². The number of carbonyl (C=O) groups excluding carboxylic acids is 1. The highest BCUT2D eigenvalue weighted by molar-refractivity contribution is 5.79. The Bertz CT molecular complexity index is 528. The van der Waals surface area contributed by atoms with Gasteiger partial charge in [0.1, 0.15) is 0 Å². The lowest BCUT2D eigenvalue weighted by molar-refractivity contribution is -0.141. The molecule has 1 amide bonds. The van der Waals surface area contributed by atoms with E-state index >= 15 is 0 Å². The number of rotatable bonds is 5. The van der Waals surface area contributed by atoms with Crippen LogP contribution >= 0.6 is 0 Å². The van der Waals surface area contributed by atoms with Crippen LogP contribution < -0.4 is 5.32 Å². The van der Waals surface area contributed by atoms with Gasteiger partial charge in [0.05, 0.1) is 18.2 Å². The minimum Gasteiger partial charge on any atom is -0.349 e. The SMILES string of the molecule is CNCc1cn(C[C@H]2CC3CCN2C[C@@H]3C(=O)N(C)C)nn1. The van der Waals surface area contributed by atoms with Crippen molar-refractivity contribution in [3.05, 3.63) is 11.9 Å². The van der Waals surface area contributed by atoms with Crippen molar-refractivity contribution in [2.45, 2.75) is 32.0 Å². The minimum atomic E-state index is 0.176. The predicted molar refractivity (Wildman–Crippen MR) is 83.1 cm³/mol. The van der Waals surface area contributed by atoms with Crippen LogP contribution in [0.15, 0.2) is 6.20 Å². The predicted octanol–water partition coefficient (Wildman–Crippen LogP) is -0.204. The Morgan fingerprint density at radius 2 is 2.32 bits per heavy atom. The lowest BCUT2D eigenvalue weighted by Gasteiger charge is -2.49. The first-order chi connectivity index (χ1) is 10.6. The molecule has 2 unspecified atom stereocenters. The van der Waals surface area contributed by atoms with E-state index in [0.717, 1.165) is 44.7 Å². The molecular weight excluding hydrogens is 280 g/mol. The maximum absolute atomic E-state index is 12.3.